The average Bonchev–Trinajstić information content (AvgIpc) is 3.20. The number of benzene rings is 2. The van der Waals surface area contributed by atoms with Crippen LogP contribution < -0.4 is 5.32 Å². The fraction of sp³-hybridized carbons (Fsp3) is 0.0952. The Balaban J connectivity index is 1.64. The van der Waals surface area contributed by atoms with Crippen molar-refractivity contribution in [1.29, 1.82) is 5.26 Å². The van der Waals surface area contributed by atoms with Gasteiger partial charge in [-0.05, 0) is 55.0 Å². The maximum Gasteiger partial charge on any atom is 0.228 e. The number of ketones is 1. The molecule has 2 N–H and O–H groups in total. The van der Waals surface area contributed by atoms with Crippen molar-refractivity contribution in [3.63, 3.8) is 0 Å². The molecule has 0 saturated carbocycles. The molecular weight excluding hydrogens is 324 g/mol. The van der Waals surface area contributed by atoms with Gasteiger partial charge < -0.3 is 10.3 Å². The zero-order valence-corrected chi connectivity index (χ0v) is 14.2. The van der Waals surface area contributed by atoms with Gasteiger partial charge in [0.2, 0.25) is 5.78 Å². The fourth-order valence-corrected chi connectivity index (χ4v) is 2.47. The summed E-state index contributed by atoms with van der Waals surface area (Å²) in [4.78, 5) is 19.2. The molecule has 3 aromatic rings. The van der Waals surface area contributed by atoms with Gasteiger partial charge in [0.25, 0.3) is 0 Å². The molecule has 1 aromatic heterocycles. The van der Waals surface area contributed by atoms with Gasteiger partial charge in [0.1, 0.15) is 0 Å². The van der Waals surface area contributed by atoms with Crippen molar-refractivity contribution >= 4 is 11.5 Å². The Morgan fingerprint density at radius 2 is 1.96 bits per heavy atom. The molecule has 0 saturated heterocycles. The topological polar surface area (TPSA) is 81.6 Å². The standard InChI is InChI=1S/C21H16N4O/c1-15-13-16(6-9-19(15)20(26)21-24-11-12-25-21)3-2-10-23-18-7-4-17(14-22)5-8-18/h4-9,11-13,23H,10H2,1H3,(H,24,25). The van der Waals surface area contributed by atoms with Gasteiger partial charge in [-0.3, -0.25) is 4.79 Å². The molecule has 0 radical (unpaired) electrons. The first kappa shape index (κ1) is 17.0. The molecule has 5 nitrogen and oxygen atoms in total. The minimum atomic E-state index is -0.130. The summed E-state index contributed by atoms with van der Waals surface area (Å²) in [5.41, 5.74) is 3.86. The molecule has 0 bridgehead atoms. The van der Waals surface area contributed by atoms with E-state index in [-0.39, 0.29) is 5.78 Å². The van der Waals surface area contributed by atoms with Gasteiger partial charge in [0, 0.05) is 29.2 Å². The van der Waals surface area contributed by atoms with Crippen molar-refractivity contribution in [2.45, 2.75) is 6.92 Å². The van der Waals surface area contributed by atoms with Crippen molar-refractivity contribution in [1.82, 2.24) is 9.97 Å². The first-order valence-electron chi connectivity index (χ1n) is 8.05. The number of hydrogen-bond donors (Lipinski definition) is 2. The van der Waals surface area contributed by atoms with Gasteiger partial charge in [-0.25, -0.2) is 4.98 Å². The van der Waals surface area contributed by atoms with E-state index in [1.807, 2.05) is 31.2 Å². The number of aryl methyl sites for hydroxylation is 1. The Hall–Kier alpha value is -3.83. The molecule has 0 atom stereocenters. The van der Waals surface area contributed by atoms with E-state index < -0.39 is 0 Å². The highest BCUT2D eigenvalue weighted by molar-refractivity contribution is 6.07. The number of nitrogens with one attached hydrogen (secondary N) is 2. The van der Waals surface area contributed by atoms with Gasteiger partial charge >= 0.3 is 0 Å². The summed E-state index contributed by atoms with van der Waals surface area (Å²) in [6, 6.07) is 14.8. The number of nitriles is 1. The van der Waals surface area contributed by atoms with E-state index in [4.69, 9.17) is 5.26 Å². The zero-order valence-electron chi connectivity index (χ0n) is 14.2. The third-order valence-electron chi connectivity index (χ3n) is 3.81. The molecule has 0 unspecified atom stereocenters. The van der Waals surface area contributed by atoms with E-state index in [1.165, 1.54) is 0 Å². The van der Waals surface area contributed by atoms with Gasteiger partial charge in [0.05, 0.1) is 18.2 Å². The summed E-state index contributed by atoms with van der Waals surface area (Å²) in [6.07, 6.45) is 3.19. The molecule has 0 aliphatic carbocycles. The number of anilines is 1. The molecular formula is C21H16N4O. The van der Waals surface area contributed by atoms with Crippen LogP contribution in [-0.2, 0) is 0 Å². The first-order chi connectivity index (χ1) is 12.7. The first-order valence-corrected chi connectivity index (χ1v) is 8.05. The Morgan fingerprint density at radius 1 is 1.19 bits per heavy atom. The van der Waals surface area contributed by atoms with Crippen LogP contribution in [0.4, 0.5) is 5.69 Å². The molecule has 26 heavy (non-hydrogen) atoms. The second-order valence-electron chi connectivity index (χ2n) is 5.64. The van der Waals surface area contributed by atoms with Crippen LogP contribution in [0.2, 0.25) is 0 Å². The Kier molecular flexibility index (Phi) is 5.12. The predicted octanol–water partition coefficient (Wildman–Crippen LogP) is 3.28. The Labute approximate surface area is 151 Å². The number of carbonyl (C=O) groups excluding carboxylic acids is 1. The summed E-state index contributed by atoms with van der Waals surface area (Å²) in [7, 11) is 0. The number of carbonyl (C=O) groups is 1. The maximum absolute atomic E-state index is 12.3. The monoisotopic (exact) mass is 340 g/mol. The van der Waals surface area contributed by atoms with E-state index >= 15 is 0 Å². The summed E-state index contributed by atoms with van der Waals surface area (Å²) < 4.78 is 0. The van der Waals surface area contributed by atoms with Gasteiger partial charge in [-0.15, -0.1) is 0 Å². The Morgan fingerprint density at radius 3 is 2.62 bits per heavy atom. The molecule has 1 heterocycles. The average molecular weight is 340 g/mol. The lowest BCUT2D eigenvalue weighted by Gasteiger charge is -2.04. The van der Waals surface area contributed by atoms with Crippen LogP contribution in [-0.4, -0.2) is 22.3 Å². The number of imidazole rings is 1. The van der Waals surface area contributed by atoms with Gasteiger partial charge in [-0.2, -0.15) is 5.26 Å². The predicted molar refractivity (Wildman–Crippen MR) is 99.7 cm³/mol. The number of aromatic amines is 1. The second kappa shape index (κ2) is 7.83. The minimum Gasteiger partial charge on any atom is -0.374 e. The van der Waals surface area contributed by atoms with Crippen LogP contribution in [0.1, 0.15) is 32.9 Å². The summed E-state index contributed by atoms with van der Waals surface area (Å²) in [5.74, 6) is 6.33. The lowest BCUT2D eigenvalue weighted by Crippen LogP contribution is -2.06. The van der Waals surface area contributed by atoms with E-state index in [0.29, 0.717) is 23.5 Å². The van der Waals surface area contributed by atoms with Crippen LogP contribution in [0.15, 0.2) is 54.9 Å². The minimum absolute atomic E-state index is 0.130. The van der Waals surface area contributed by atoms with Crippen molar-refractivity contribution in [3.8, 4) is 17.9 Å². The molecule has 2 aromatic carbocycles. The van der Waals surface area contributed by atoms with Gasteiger partial charge in [0.15, 0.2) is 5.82 Å². The number of aromatic nitrogens is 2. The molecule has 126 valence electrons. The zero-order chi connectivity index (χ0) is 18.4. The van der Waals surface area contributed by atoms with E-state index in [2.05, 4.69) is 33.2 Å². The quantitative estimate of drug-likeness (QED) is 0.564. The number of nitrogens with zero attached hydrogens (tertiary/aromatic N) is 2. The van der Waals surface area contributed by atoms with Crippen LogP contribution in [0.3, 0.4) is 0 Å². The molecule has 0 aliphatic heterocycles. The molecule has 5 heteroatoms. The lowest BCUT2D eigenvalue weighted by molar-refractivity contribution is 0.102. The summed E-state index contributed by atoms with van der Waals surface area (Å²) in [5, 5.41) is 12.0. The van der Waals surface area contributed by atoms with Crippen LogP contribution >= 0.6 is 0 Å². The molecule has 0 fully saturated rings. The van der Waals surface area contributed by atoms with Crippen molar-refractivity contribution in [3.05, 3.63) is 82.9 Å². The highest BCUT2D eigenvalue weighted by Crippen LogP contribution is 2.14. The maximum atomic E-state index is 12.3. The number of rotatable bonds is 4. The number of H-pyrrole nitrogens is 1. The normalized spacial score (nSPS) is 9.69. The molecule has 0 amide bonds. The van der Waals surface area contributed by atoms with E-state index in [9.17, 15) is 4.79 Å². The summed E-state index contributed by atoms with van der Waals surface area (Å²) in [6.45, 7) is 2.37. The van der Waals surface area contributed by atoms with Crippen molar-refractivity contribution in [2.75, 3.05) is 11.9 Å². The van der Waals surface area contributed by atoms with E-state index in [0.717, 1.165) is 16.8 Å². The highest BCUT2D eigenvalue weighted by atomic mass is 16.1. The fourth-order valence-electron chi connectivity index (χ4n) is 2.47. The molecule has 0 aliphatic rings. The van der Waals surface area contributed by atoms with E-state index in [1.54, 1.807) is 30.6 Å². The second-order valence-corrected chi connectivity index (χ2v) is 5.64. The van der Waals surface area contributed by atoms with Gasteiger partial charge in [-0.1, -0.05) is 11.8 Å². The largest absolute Gasteiger partial charge is 0.374 e. The smallest absolute Gasteiger partial charge is 0.228 e. The third-order valence-corrected chi connectivity index (χ3v) is 3.81. The SMILES string of the molecule is Cc1cc(C#CCNc2ccc(C#N)cc2)ccc1C(=O)c1ncc[nH]1. The number of hydrogen-bond acceptors (Lipinski definition) is 4. The Bertz CT molecular complexity index is 1020. The van der Waals surface area contributed by atoms with Crippen molar-refractivity contribution < 1.29 is 4.79 Å². The van der Waals surface area contributed by atoms with Crippen LogP contribution in [0.25, 0.3) is 0 Å². The van der Waals surface area contributed by atoms with Crippen LogP contribution in [0, 0.1) is 30.1 Å². The highest BCUT2D eigenvalue weighted by Gasteiger charge is 2.13. The summed E-state index contributed by atoms with van der Waals surface area (Å²) >= 11 is 0. The third kappa shape index (κ3) is 3.98. The van der Waals surface area contributed by atoms with Crippen molar-refractivity contribution in [2.24, 2.45) is 0 Å². The lowest BCUT2D eigenvalue weighted by atomic mass is 10.0. The molecule has 0 spiro atoms. The van der Waals surface area contributed by atoms with Crippen LogP contribution in [0.5, 0.6) is 0 Å². The molecule has 3 rings (SSSR count).